The molecule has 18 heavy (non-hydrogen) atoms. The maximum atomic E-state index is 11.8. The number of aliphatic hydroxyl groups is 1. The van der Waals surface area contributed by atoms with Crippen LogP contribution in [0, 0.1) is 0 Å². The van der Waals surface area contributed by atoms with E-state index >= 15 is 0 Å². The van der Waals surface area contributed by atoms with Crippen molar-refractivity contribution in [1.82, 2.24) is 9.71 Å². The number of aliphatic hydroxyl groups excluding tert-OH is 1. The fourth-order valence-electron chi connectivity index (χ4n) is 1.38. The van der Waals surface area contributed by atoms with Crippen LogP contribution in [0.4, 0.5) is 0 Å². The molecule has 0 aliphatic carbocycles. The lowest BCUT2D eigenvalue weighted by molar-refractivity contribution is 0.133. The van der Waals surface area contributed by atoms with Crippen LogP contribution in [-0.2, 0) is 21.4 Å². The molecule has 0 bridgehead atoms. The van der Waals surface area contributed by atoms with Crippen molar-refractivity contribution >= 4 is 10.0 Å². The summed E-state index contributed by atoms with van der Waals surface area (Å²) in [5.74, 6) is 0. The highest BCUT2D eigenvalue weighted by molar-refractivity contribution is 7.89. The summed E-state index contributed by atoms with van der Waals surface area (Å²) in [4.78, 5) is 2.83. The molecule has 104 valence electrons. The average Bonchev–Trinajstić information content (AvgIpc) is 2.83. The van der Waals surface area contributed by atoms with Crippen molar-refractivity contribution in [3.8, 4) is 0 Å². The summed E-state index contributed by atoms with van der Waals surface area (Å²) in [7, 11) is -3.49. The second-order valence-corrected chi connectivity index (χ2v) is 5.65. The lowest BCUT2D eigenvalue weighted by Gasteiger charge is -2.05. The SMILES string of the molecule is CCCOCCCNS(=O)(=O)c1c[nH]c(CO)c1. The second-order valence-electron chi connectivity index (χ2n) is 3.88. The lowest BCUT2D eigenvalue weighted by Crippen LogP contribution is -2.25. The summed E-state index contributed by atoms with van der Waals surface area (Å²) in [6.07, 6.45) is 2.96. The fraction of sp³-hybridized carbons (Fsp3) is 0.636. The molecule has 0 fully saturated rings. The molecule has 0 spiro atoms. The largest absolute Gasteiger partial charge is 0.390 e. The first-order valence-corrected chi connectivity index (χ1v) is 7.44. The standard InChI is InChI=1S/C11H20N2O4S/c1-2-5-17-6-3-4-13-18(15,16)11-7-10(9-14)12-8-11/h7-8,12-14H,2-6,9H2,1H3. The van der Waals surface area contributed by atoms with Gasteiger partial charge in [-0.15, -0.1) is 0 Å². The van der Waals surface area contributed by atoms with Crippen molar-refractivity contribution < 1.29 is 18.3 Å². The molecule has 1 aromatic rings. The molecule has 0 radical (unpaired) electrons. The van der Waals surface area contributed by atoms with E-state index in [1.165, 1.54) is 12.3 Å². The fourth-order valence-corrected chi connectivity index (χ4v) is 2.47. The highest BCUT2D eigenvalue weighted by Gasteiger charge is 2.14. The molecule has 7 heteroatoms. The number of aromatic amines is 1. The van der Waals surface area contributed by atoms with Gasteiger partial charge in [-0.3, -0.25) is 0 Å². The highest BCUT2D eigenvalue weighted by atomic mass is 32.2. The first-order valence-electron chi connectivity index (χ1n) is 5.95. The molecule has 0 aliphatic rings. The Morgan fingerprint density at radius 3 is 2.83 bits per heavy atom. The minimum absolute atomic E-state index is 0.140. The van der Waals surface area contributed by atoms with Gasteiger partial charge in [0.05, 0.1) is 11.5 Å². The van der Waals surface area contributed by atoms with E-state index in [1.807, 2.05) is 6.92 Å². The van der Waals surface area contributed by atoms with Gasteiger partial charge in [-0.05, 0) is 18.9 Å². The Balaban J connectivity index is 2.36. The Bertz CT molecular complexity index is 442. The number of ether oxygens (including phenoxy) is 1. The smallest absolute Gasteiger partial charge is 0.242 e. The van der Waals surface area contributed by atoms with Crippen LogP contribution in [0.1, 0.15) is 25.5 Å². The predicted octanol–water partition coefficient (Wildman–Crippen LogP) is 0.602. The number of nitrogens with one attached hydrogen (secondary N) is 2. The number of hydrogen-bond acceptors (Lipinski definition) is 4. The highest BCUT2D eigenvalue weighted by Crippen LogP contribution is 2.10. The Hall–Kier alpha value is -0.890. The van der Waals surface area contributed by atoms with Crippen LogP contribution in [0.15, 0.2) is 17.2 Å². The van der Waals surface area contributed by atoms with Crippen molar-refractivity contribution in [3.05, 3.63) is 18.0 Å². The average molecular weight is 276 g/mol. The third-order valence-corrected chi connectivity index (χ3v) is 3.74. The molecule has 0 atom stereocenters. The van der Waals surface area contributed by atoms with Crippen molar-refractivity contribution in [1.29, 1.82) is 0 Å². The van der Waals surface area contributed by atoms with Gasteiger partial charge >= 0.3 is 0 Å². The van der Waals surface area contributed by atoms with Gasteiger partial charge in [-0.1, -0.05) is 6.92 Å². The number of sulfonamides is 1. The molecule has 1 heterocycles. The van der Waals surface area contributed by atoms with E-state index in [2.05, 4.69) is 9.71 Å². The molecular formula is C11H20N2O4S. The number of rotatable bonds is 9. The molecular weight excluding hydrogens is 256 g/mol. The third-order valence-electron chi connectivity index (χ3n) is 2.30. The molecule has 0 saturated heterocycles. The van der Waals surface area contributed by atoms with Crippen LogP contribution in [0.3, 0.4) is 0 Å². The molecule has 6 nitrogen and oxygen atoms in total. The summed E-state index contributed by atoms with van der Waals surface area (Å²) in [5.41, 5.74) is 0.474. The first kappa shape index (κ1) is 15.2. The van der Waals surface area contributed by atoms with E-state index < -0.39 is 10.0 Å². The second kappa shape index (κ2) is 7.52. The Labute approximate surface area is 107 Å². The van der Waals surface area contributed by atoms with Crippen LogP contribution >= 0.6 is 0 Å². The maximum Gasteiger partial charge on any atom is 0.242 e. The Morgan fingerprint density at radius 2 is 2.22 bits per heavy atom. The first-order chi connectivity index (χ1) is 8.60. The summed E-state index contributed by atoms with van der Waals surface area (Å²) in [5, 5.41) is 8.85. The van der Waals surface area contributed by atoms with Gasteiger partial charge in [0, 0.05) is 31.6 Å². The van der Waals surface area contributed by atoms with Gasteiger partial charge in [-0.25, -0.2) is 13.1 Å². The predicted molar refractivity (Wildman–Crippen MR) is 67.6 cm³/mol. The van der Waals surface area contributed by atoms with Gasteiger partial charge < -0.3 is 14.8 Å². The third kappa shape index (κ3) is 4.77. The maximum absolute atomic E-state index is 11.8. The molecule has 0 amide bonds. The summed E-state index contributed by atoms with van der Waals surface area (Å²) in [6.45, 7) is 3.40. The van der Waals surface area contributed by atoms with Crippen molar-refractivity contribution in [3.63, 3.8) is 0 Å². The van der Waals surface area contributed by atoms with E-state index in [-0.39, 0.29) is 11.5 Å². The van der Waals surface area contributed by atoms with Crippen LogP contribution in [0.5, 0.6) is 0 Å². The number of hydrogen-bond donors (Lipinski definition) is 3. The van der Waals surface area contributed by atoms with Crippen molar-refractivity contribution in [2.75, 3.05) is 19.8 Å². The molecule has 0 unspecified atom stereocenters. The van der Waals surface area contributed by atoms with Crippen molar-refractivity contribution in [2.24, 2.45) is 0 Å². The van der Waals surface area contributed by atoms with Crippen LogP contribution in [-0.4, -0.2) is 38.3 Å². The van der Waals surface area contributed by atoms with E-state index in [1.54, 1.807) is 0 Å². The summed E-state index contributed by atoms with van der Waals surface area (Å²) >= 11 is 0. The zero-order valence-electron chi connectivity index (χ0n) is 10.5. The van der Waals surface area contributed by atoms with E-state index in [0.717, 1.165) is 6.42 Å². The summed E-state index contributed by atoms with van der Waals surface area (Å²) < 4.78 is 31.3. The molecule has 0 aromatic carbocycles. The Morgan fingerprint density at radius 1 is 1.44 bits per heavy atom. The van der Waals surface area contributed by atoms with Crippen LogP contribution in [0.2, 0.25) is 0 Å². The zero-order chi connectivity index (χ0) is 13.4. The van der Waals surface area contributed by atoms with Gasteiger partial charge in [0.1, 0.15) is 0 Å². The van der Waals surface area contributed by atoms with E-state index in [9.17, 15) is 8.42 Å². The lowest BCUT2D eigenvalue weighted by atomic mass is 10.4. The Kier molecular flexibility index (Phi) is 6.34. The molecule has 3 N–H and O–H groups in total. The minimum Gasteiger partial charge on any atom is -0.390 e. The zero-order valence-corrected chi connectivity index (χ0v) is 11.3. The minimum atomic E-state index is -3.49. The quantitative estimate of drug-likeness (QED) is 0.576. The molecule has 1 rings (SSSR count). The summed E-state index contributed by atoms with van der Waals surface area (Å²) in [6, 6.07) is 1.41. The number of aromatic nitrogens is 1. The van der Waals surface area contributed by atoms with Gasteiger partial charge in [0.15, 0.2) is 0 Å². The van der Waals surface area contributed by atoms with Crippen LogP contribution in [0.25, 0.3) is 0 Å². The molecule has 0 aliphatic heterocycles. The molecule has 0 saturated carbocycles. The van der Waals surface area contributed by atoms with E-state index in [4.69, 9.17) is 9.84 Å². The number of H-pyrrole nitrogens is 1. The van der Waals surface area contributed by atoms with Gasteiger partial charge in [-0.2, -0.15) is 0 Å². The van der Waals surface area contributed by atoms with Gasteiger partial charge in [0.25, 0.3) is 0 Å². The van der Waals surface area contributed by atoms with Crippen LogP contribution < -0.4 is 4.72 Å². The van der Waals surface area contributed by atoms with E-state index in [0.29, 0.717) is 31.9 Å². The van der Waals surface area contributed by atoms with Crippen molar-refractivity contribution in [2.45, 2.75) is 31.3 Å². The topological polar surface area (TPSA) is 91.4 Å². The normalized spacial score (nSPS) is 11.9. The molecule has 1 aromatic heterocycles. The van der Waals surface area contributed by atoms with Gasteiger partial charge in [0.2, 0.25) is 10.0 Å². The monoisotopic (exact) mass is 276 g/mol.